The third-order valence-electron chi connectivity index (χ3n) is 2.57. The minimum atomic E-state index is -0.0887. The summed E-state index contributed by atoms with van der Waals surface area (Å²) in [5, 5.41) is 0. The van der Waals surface area contributed by atoms with Gasteiger partial charge in [0.15, 0.2) is 11.5 Å². The maximum absolute atomic E-state index is 11.6. The van der Waals surface area contributed by atoms with Crippen LogP contribution >= 0.6 is 15.9 Å². The normalized spacial score (nSPS) is 10.2. The van der Waals surface area contributed by atoms with Gasteiger partial charge in [0.25, 0.3) is 0 Å². The summed E-state index contributed by atoms with van der Waals surface area (Å²) in [6.45, 7) is 1.80. The SMILES string of the molecule is CC(=O)c1cc(Br)cc(N)c1OCc1cccnc1. The molecule has 0 aliphatic rings. The Bertz CT molecular complexity index is 600. The molecule has 0 radical (unpaired) electrons. The first kappa shape index (κ1) is 13.5. The summed E-state index contributed by atoms with van der Waals surface area (Å²) in [6, 6.07) is 7.15. The Morgan fingerprint density at radius 1 is 1.47 bits per heavy atom. The van der Waals surface area contributed by atoms with Crippen LogP contribution in [0, 0.1) is 0 Å². The van der Waals surface area contributed by atoms with E-state index in [1.165, 1.54) is 6.92 Å². The number of ketones is 1. The number of pyridine rings is 1. The molecule has 2 rings (SSSR count). The molecule has 2 N–H and O–H groups in total. The Morgan fingerprint density at radius 3 is 2.89 bits per heavy atom. The Morgan fingerprint density at radius 2 is 2.26 bits per heavy atom. The van der Waals surface area contributed by atoms with Gasteiger partial charge < -0.3 is 10.5 Å². The van der Waals surface area contributed by atoms with Crippen molar-refractivity contribution in [3.8, 4) is 5.75 Å². The van der Waals surface area contributed by atoms with Crippen LogP contribution in [0.2, 0.25) is 0 Å². The van der Waals surface area contributed by atoms with E-state index in [2.05, 4.69) is 20.9 Å². The van der Waals surface area contributed by atoms with Crippen molar-refractivity contribution in [3.05, 3.63) is 52.3 Å². The van der Waals surface area contributed by atoms with E-state index in [4.69, 9.17) is 10.5 Å². The predicted molar refractivity (Wildman–Crippen MR) is 77.1 cm³/mol. The molecule has 98 valence electrons. The molecule has 0 amide bonds. The maximum Gasteiger partial charge on any atom is 0.163 e. The van der Waals surface area contributed by atoms with Gasteiger partial charge in [-0.05, 0) is 25.1 Å². The highest BCUT2D eigenvalue weighted by Gasteiger charge is 2.13. The summed E-state index contributed by atoms with van der Waals surface area (Å²) < 4.78 is 6.42. The molecule has 1 heterocycles. The minimum Gasteiger partial charge on any atom is -0.486 e. The van der Waals surface area contributed by atoms with E-state index in [0.717, 1.165) is 10.0 Å². The quantitative estimate of drug-likeness (QED) is 0.694. The molecule has 5 heteroatoms. The summed E-state index contributed by atoms with van der Waals surface area (Å²) in [7, 11) is 0. The number of nitrogen functional groups attached to an aromatic ring is 1. The maximum atomic E-state index is 11.6. The lowest BCUT2D eigenvalue weighted by Crippen LogP contribution is -2.05. The average Bonchev–Trinajstić information content (AvgIpc) is 2.38. The molecule has 0 unspecified atom stereocenters. The molecular formula is C14H13BrN2O2. The van der Waals surface area contributed by atoms with Crippen molar-refractivity contribution in [2.75, 3.05) is 5.73 Å². The number of nitrogens with two attached hydrogens (primary N) is 1. The second kappa shape index (κ2) is 5.84. The highest BCUT2D eigenvalue weighted by Crippen LogP contribution is 2.31. The van der Waals surface area contributed by atoms with Crippen molar-refractivity contribution in [3.63, 3.8) is 0 Å². The third kappa shape index (κ3) is 3.32. The first-order valence-electron chi connectivity index (χ1n) is 5.69. The van der Waals surface area contributed by atoms with Crippen molar-refractivity contribution in [1.29, 1.82) is 0 Å². The van der Waals surface area contributed by atoms with Crippen LogP contribution in [-0.2, 0) is 6.61 Å². The zero-order valence-electron chi connectivity index (χ0n) is 10.4. The van der Waals surface area contributed by atoms with Crippen LogP contribution < -0.4 is 10.5 Å². The van der Waals surface area contributed by atoms with E-state index in [-0.39, 0.29) is 5.78 Å². The number of hydrogen-bond donors (Lipinski definition) is 1. The van der Waals surface area contributed by atoms with Crippen LogP contribution in [0.5, 0.6) is 5.75 Å². The number of rotatable bonds is 4. The Hall–Kier alpha value is -1.88. The van der Waals surface area contributed by atoms with Gasteiger partial charge in [-0.15, -0.1) is 0 Å². The molecule has 0 atom stereocenters. The number of ether oxygens (including phenoxy) is 1. The summed E-state index contributed by atoms with van der Waals surface area (Å²) >= 11 is 3.31. The first-order valence-corrected chi connectivity index (χ1v) is 6.49. The van der Waals surface area contributed by atoms with Crippen molar-refractivity contribution < 1.29 is 9.53 Å². The van der Waals surface area contributed by atoms with E-state index in [0.29, 0.717) is 23.6 Å². The number of anilines is 1. The monoisotopic (exact) mass is 320 g/mol. The average molecular weight is 321 g/mol. The minimum absolute atomic E-state index is 0.0887. The first-order chi connectivity index (χ1) is 9.08. The van der Waals surface area contributed by atoms with Crippen molar-refractivity contribution in [2.45, 2.75) is 13.5 Å². The van der Waals surface area contributed by atoms with E-state index in [9.17, 15) is 4.79 Å². The molecule has 0 fully saturated rings. The van der Waals surface area contributed by atoms with Gasteiger partial charge in [0, 0.05) is 22.4 Å². The van der Waals surface area contributed by atoms with E-state index in [1.54, 1.807) is 24.5 Å². The second-order valence-electron chi connectivity index (χ2n) is 4.08. The smallest absolute Gasteiger partial charge is 0.163 e. The molecule has 0 spiro atoms. The molecular weight excluding hydrogens is 308 g/mol. The molecule has 2 aromatic rings. The molecule has 1 aromatic heterocycles. The van der Waals surface area contributed by atoms with Gasteiger partial charge in [-0.3, -0.25) is 9.78 Å². The standard InChI is InChI=1S/C14H13BrN2O2/c1-9(18)12-5-11(15)6-13(16)14(12)19-8-10-3-2-4-17-7-10/h2-7H,8,16H2,1H3. The fourth-order valence-corrected chi connectivity index (χ4v) is 2.15. The molecule has 0 saturated carbocycles. The topological polar surface area (TPSA) is 65.2 Å². The summed E-state index contributed by atoms with van der Waals surface area (Å²) in [4.78, 5) is 15.6. The van der Waals surface area contributed by atoms with Crippen LogP contribution in [0.1, 0.15) is 22.8 Å². The molecule has 0 bridgehead atoms. The Labute approximate surface area is 119 Å². The van der Waals surface area contributed by atoms with E-state index < -0.39 is 0 Å². The molecule has 0 saturated heterocycles. The number of benzene rings is 1. The Kier molecular flexibility index (Phi) is 4.16. The van der Waals surface area contributed by atoms with Crippen LogP contribution in [0.15, 0.2) is 41.1 Å². The number of hydrogen-bond acceptors (Lipinski definition) is 4. The summed E-state index contributed by atoms with van der Waals surface area (Å²) in [6.07, 6.45) is 3.40. The summed E-state index contributed by atoms with van der Waals surface area (Å²) in [5.41, 5.74) is 7.72. The van der Waals surface area contributed by atoms with E-state index in [1.807, 2.05) is 12.1 Å². The van der Waals surface area contributed by atoms with E-state index >= 15 is 0 Å². The number of carbonyl (C=O) groups excluding carboxylic acids is 1. The molecule has 1 aromatic carbocycles. The number of aromatic nitrogens is 1. The highest BCUT2D eigenvalue weighted by atomic mass is 79.9. The van der Waals surface area contributed by atoms with Crippen molar-refractivity contribution >= 4 is 27.4 Å². The largest absolute Gasteiger partial charge is 0.486 e. The zero-order valence-corrected chi connectivity index (χ0v) is 12.0. The fourth-order valence-electron chi connectivity index (χ4n) is 1.68. The number of halogens is 1. The lowest BCUT2D eigenvalue weighted by Gasteiger charge is -2.13. The zero-order chi connectivity index (χ0) is 13.8. The molecule has 4 nitrogen and oxygen atoms in total. The molecule has 0 aliphatic heterocycles. The van der Waals surface area contributed by atoms with Crippen LogP contribution in [0.25, 0.3) is 0 Å². The number of carbonyl (C=O) groups is 1. The van der Waals surface area contributed by atoms with Gasteiger partial charge in [0.1, 0.15) is 6.61 Å². The van der Waals surface area contributed by atoms with Crippen LogP contribution in [0.3, 0.4) is 0 Å². The summed E-state index contributed by atoms with van der Waals surface area (Å²) in [5.74, 6) is 0.328. The predicted octanol–water partition coefficient (Wildman–Crippen LogP) is 3.21. The van der Waals surface area contributed by atoms with Crippen LogP contribution in [-0.4, -0.2) is 10.8 Å². The van der Waals surface area contributed by atoms with Gasteiger partial charge in [0.2, 0.25) is 0 Å². The lowest BCUT2D eigenvalue weighted by atomic mass is 10.1. The van der Waals surface area contributed by atoms with Crippen LogP contribution in [0.4, 0.5) is 5.69 Å². The third-order valence-corrected chi connectivity index (χ3v) is 3.03. The highest BCUT2D eigenvalue weighted by molar-refractivity contribution is 9.10. The molecule has 19 heavy (non-hydrogen) atoms. The molecule has 0 aliphatic carbocycles. The second-order valence-corrected chi connectivity index (χ2v) is 4.99. The van der Waals surface area contributed by atoms with Gasteiger partial charge in [-0.25, -0.2) is 0 Å². The lowest BCUT2D eigenvalue weighted by molar-refractivity contribution is 0.101. The Balaban J connectivity index is 2.27. The van der Waals surface area contributed by atoms with Gasteiger partial charge >= 0.3 is 0 Å². The number of nitrogens with zero attached hydrogens (tertiary/aromatic N) is 1. The van der Waals surface area contributed by atoms with Gasteiger partial charge in [0.05, 0.1) is 11.3 Å². The van der Waals surface area contributed by atoms with Crippen molar-refractivity contribution in [2.24, 2.45) is 0 Å². The fraction of sp³-hybridized carbons (Fsp3) is 0.143. The number of Topliss-reactive ketones (excluding diaryl/α,β-unsaturated/α-hetero) is 1. The van der Waals surface area contributed by atoms with Crippen molar-refractivity contribution in [1.82, 2.24) is 4.98 Å². The van der Waals surface area contributed by atoms with Gasteiger partial charge in [-0.1, -0.05) is 22.0 Å². The van der Waals surface area contributed by atoms with Gasteiger partial charge in [-0.2, -0.15) is 0 Å².